The number of nitrogens with two attached hydrogens (primary N) is 1. The molecule has 0 aromatic heterocycles. The van der Waals surface area contributed by atoms with Gasteiger partial charge in [-0.1, -0.05) is 4.47 Å². The first-order valence-electron chi connectivity index (χ1n) is 5.45. The molecule has 1 fully saturated rings. The maximum absolute atomic E-state index is 12.3. The van der Waals surface area contributed by atoms with Crippen LogP contribution in [0, 0.1) is 13.8 Å². The minimum atomic E-state index is -3.58. The summed E-state index contributed by atoms with van der Waals surface area (Å²) in [5.41, 5.74) is 7.73. The van der Waals surface area contributed by atoms with Crippen LogP contribution in [-0.2, 0) is 14.9 Å². The fourth-order valence-corrected chi connectivity index (χ4v) is 3.48. The van der Waals surface area contributed by atoms with E-state index in [4.69, 9.17) is 10.6 Å². The topological polar surface area (TPSA) is 72.6 Å². The molecule has 94 valence electrons. The number of anilines is 1. The van der Waals surface area contributed by atoms with Crippen LogP contribution in [-0.4, -0.2) is 26.0 Å². The van der Waals surface area contributed by atoms with Crippen LogP contribution < -0.4 is 5.73 Å². The molecule has 0 bridgehead atoms. The van der Waals surface area contributed by atoms with E-state index in [1.165, 1.54) is 6.07 Å². The first kappa shape index (κ1) is 12.3. The molecular formula is C11H16N2O3S. The van der Waals surface area contributed by atoms with E-state index in [-0.39, 0.29) is 4.90 Å². The highest BCUT2D eigenvalue weighted by Crippen LogP contribution is 2.27. The Bertz CT molecular complexity index is 534. The van der Waals surface area contributed by atoms with Gasteiger partial charge in [-0.3, -0.25) is 4.84 Å². The third-order valence-electron chi connectivity index (χ3n) is 2.91. The van der Waals surface area contributed by atoms with E-state index in [2.05, 4.69) is 0 Å². The quantitative estimate of drug-likeness (QED) is 0.807. The SMILES string of the molecule is Cc1cc(N)cc(S(=O)(=O)N2CCCO2)c1C. The maximum atomic E-state index is 12.3. The number of nitrogens with zero attached hydrogens (tertiary/aromatic N) is 1. The van der Waals surface area contributed by atoms with Crippen LogP contribution in [0.5, 0.6) is 0 Å². The van der Waals surface area contributed by atoms with E-state index in [1.807, 2.05) is 6.92 Å². The highest BCUT2D eigenvalue weighted by molar-refractivity contribution is 7.89. The second kappa shape index (κ2) is 4.29. The average molecular weight is 256 g/mol. The van der Waals surface area contributed by atoms with Crippen molar-refractivity contribution in [3.8, 4) is 0 Å². The Balaban J connectivity index is 2.52. The van der Waals surface area contributed by atoms with E-state index >= 15 is 0 Å². The van der Waals surface area contributed by atoms with Crippen molar-refractivity contribution in [2.75, 3.05) is 18.9 Å². The first-order valence-corrected chi connectivity index (χ1v) is 6.89. The molecular weight excluding hydrogens is 240 g/mol. The predicted molar refractivity (Wildman–Crippen MR) is 64.8 cm³/mol. The Labute approximate surface area is 101 Å². The fraction of sp³-hybridized carbons (Fsp3) is 0.455. The maximum Gasteiger partial charge on any atom is 0.265 e. The molecule has 0 spiro atoms. The Morgan fingerprint density at radius 1 is 1.35 bits per heavy atom. The molecule has 6 heteroatoms. The molecule has 0 unspecified atom stereocenters. The van der Waals surface area contributed by atoms with E-state index in [0.29, 0.717) is 18.8 Å². The third-order valence-corrected chi connectivity index (χ3v) is 4.71. The third kappa shape index (κ3) is 2.15. The predicted octanol–water partition coefficient (Wildman–Crippen LogP) is 1.21. The van der Waals surface area contributed by atoms with Crippen molar-refractivity contribution in [2.24, 2.45) is 0 Å². The Hall–Kier alpha value is -1.11. The lowest BCUT2D eigenvalue weighted by molar-refractivity contribution is -0.0284. The lowest BCUT2D eigenvalue weighted by Crippen LogP contribution is -2.27. The molecule has 1 aromatic rings. The van der Waals surface area contributed by atoms with Crippen LogP contribution in [0.1, 0.15) is 17.5 Å². The summed E-state index contributed by atoms with van der Waals surface area (Å²) in [7, 11) is -3.58. The second-order valence-corrected chi connectivity index (χ2v) is 5.98. The Morgan fingerprint density at radius 2 is 2.06 bits per heavy atom. The van der Waals surface area contributed by atoms with Crippen LogP contribution in [0.25, 0.3) is 0 Å². The minimum absolute atomic E-state index is 0.233. The summed E-state index contributed by atoms with van der Waals surface area (Å²) < 4.78 is 25.7. The molecule has 0 atom stereocenters. The van der Waals surface area contributed by atoms with Crippen molar-refractivity contribution in [1.82, 2.24) is 4.47 Å². The highest BCUT2D eigenvalue weighted by Gasteiger charge is 2.30. The molecule has 1 aliphatic heterocycles. The van der Waals surface area contributed by atoms with E-state index in [1.54, 1.807) is 13.0 Å². The van der Waals surface area contributed by atoms with Gasteiger partial charge in [0.2, 0.25) is 0 Å². The number of benzene rings is 1. The van der Waals surface area contributed by atoms with E-state index in [9.17, 15) is 8.42 Å². The van der Waals surface area contributed by atoms with Crippen molar-refractivity contribution in [2.45, 2.75) is 25.2 Å². The van der Waals surface area contributed by atoms with Gasteiger partial charge < -0.3 is 5.73 Å². The van der Waals surface area contributed by atoms with Gasteiger partial charge in [0.15, 0.2) is 0 Å². The van der Waals surface area contributed by atoms with Gasteiger partial charge in [-0.15, -0.1) is 0 Å². The number of hydrogen-bond donors (Lipinski definition) is 1. The minimum Gasteiger partial charge on any atom is -0.399 e. The summed E-state index contributed by atoms with van der Waals surface area (Å²) in [5, 5.41) is 0. The summed E-state index contributed by atoms with van der Waals surface area (Å²) >= 11 is 0. The van der Waals surface area contributed by atoms with Crippen molar-refractivity contribution >= 4 is 15.7 Å². The molecule has 2 N–H and O–H groups in total. The Kier molecular flexibility index (Phi) is 3.11. The van der Waals surface area contributed by atoms with Crippen molar-refractivity contribution in [3.05, 3.63) is 23.3 Å². The standard InChI is InChI=1S/C11H16N2O3S/c1-8-6-10(12)7-11(9(8)2)17(14,15)13-4-3-5-16-13/h6-7H,3-5,12H2,1-2H3. The normalized spacial score (nSPS) is 17.5. The van der Waals surface area contributed by atoms with Crippen LogP contribution in [0.15, 0.2) is 17.0 Å². The molecule has 0 aliphatic carbocycles. The van der Waals surface area contributed by atoms with Crippen LogP contribution in [0.4, 0.5) is 5.69 Å². The summed E-state index contributed by atoms with van der Waals surface area (Å²) in [6.07, 6.45) is 0.722. The molecule has 0 amide bonds. The summed E-state index contributed by atoms with van der Waals surface area (Å²) in [4.78, 5) is 5.34. The van der Waals surface area contributed by atoms with Crippen molar-refractivity contribution in [3.63, 3.8) is 0 Å². The van der Waals surface area contributed by atoms with E-state index < -0.39 is 10.0 Å². The molecule has 1 saturated heterocycles. The first-order chi connectivity index (χ1) is 7.93. The van der Waals surface area contributed by atoms with Gasteiger partial charge in [0.05, 0.1) is 11.5 Å². The smallest absolute Gasteiger partial charge is 0.265 e. The zero-order valence-electron chi connectivity index (χ0n) is 9.93. The second-order valence-electron chi connectivity index (χ2n) is 4.18. The molecule has 1 aliphatic rings. The van der Waals surface area contributed by atoms with Gasteiger partial charge in [0, 0.05) is 12.2 Å². The van der Waals surface area contributed by atoms with Gasteiger partial charge >= 0.3 is 0 Å². The van der Waals surface area contributed by atoms with Crippen molar-refractivity contribution < 1.29 is 13.3 Å². The van der Waals surface area contributed by atoms with Crippen LogP contribution in [0.3, 0.4) is 0 Å². The van der Waals surface area contributed by atoms with Crippen LogP contribution >= 0.6 is 0 Å². The monoisotopic (exact) mass is 256 g/mol. The Morgan fingerprint density at radius 3 is 2.65 bits per heavy atom. The highest BCUT2D eigenvalue weighted by atomic mass is 32.2. The number of hydroxylamine groups is 1. The summed E-state index contributed by atoms with van der Waals surface area (Å²) in [5.74, 6) is 0. The zero-order chi connectivity index (χ0) is 12.6. The van der Waals surface area contributed by atoms with Gasteiger partial charge in [-0.2, -0.15) is 0 Å². The molecule has 17 heavy (non-hydrogen) atoms. The lowest BCUT2D eigenvalue weighted by atomic mass is 10.1. The van der Waals surface area contributed by atoms with Gasteiger partial charge in [-0.25, -0.2) is 8.42 Å². The molecule has 2 rings (SSSR count). The van der Waals surface area contributed by atoms with Gasteiger partial charge in [-0.05, 0) is 43.5 Å². The zero-order valence-corrected chi connectivity index (χ0v) is 10.8. The van der Waals surface area contributed by atoms with Gasteiger partial charge in [0.1, 0.15) is 0 Å². The largest absolute Gasteiger partial charge is 0.399 e. The summed E-state index contributed by atoms with van der Waals surface area (Å²) in [6, 6.07) is 3.25. The average Bonchev–Trinajstić information content (AvgIpc) is 2.76. The number of nitrogen functional groups attached to an aromatic ring is 1. The molecule has 1 aromatic carbocycles. The number of aryl methyl sites for hydroxylation is 1. The number of sulfonamides is 1. The number of hydrogen-bond acceptors (Lipinski definition) is 4. The fourth-order valence-electron chi connectivity index (χ4n) is 1.85. The number of rotatable bonds is 2. The molecule has 0 saturated carbocycles. The molecule has 1 heterocycles. The van der Waals surface area contributed by atoms with E-state index in [0.717, 1.165) is 22.0 Å². The van der Waals surface area contributed by atoms with Crippen LogP contribution in [0.2, 0.25) is 0 Å². The van der Waals surface area contributed by atoms with Crippen molar-refractivity contribution in [1.29, 1.82) is 0 Å². The van der Waals surface area contributed by atoms with Gasteiger partial charge in [0.25, 0.3) is 10.0 Å². The summed E-state index contributed by atoms with van der Waals surface area (Å²) in [6.45, 7) is 4.46. The molecule has 0 radical (unpaired) electrons. The lowest BCUT2D eigenvalue weighted by Gasteiger charge is -2.17. The molecule has 5 nitrogen and oxygen atoms in total.